The van der Waals surface area contributed by atoms with Gasteiger partial charge in [0.15, 0.2) is 5.82 Å². The molecule has 0 spiro atoms. The molecule has 102 valence electrons. The smallest absolute Gasteiger partial charge is 0.226 e. The maximum atomic E-state index is 11.9. The Balaban J connectivity index is 1.81. The highest BCUT2D eigenvalue weighted by Gasteiger charge is 2.35. The first-order valence-corrected chi connectivity index (χ1v) is 7.26. The Hall–Kier alpha value is -2.10. The highest BCUT2D eigenvalue weighted by atomic mass is 16.1. The van der Waals surface area contributed by atoms with E-state index in [2.05, 4.69) is 27.6 Å². The molecule has 4 heteroatoms. The summed E-state index contributed by atoms with van der Waals surface area (Å²) in [5.41, 5.74) is 3.64. The Labute approximate surface area is 117 Å². The first kappa shape index (κ1) is 11.7. The molecular weight excluding hydrogens is 250 g/mol. The summed E-state index contributed by atoms with van der Waals surface area (Å²) < 4.78 is 0. The van der Waals surface area contributed by atoms with Crippen molar-refractivity contribution in [1.82, 2.24) is 10.2 Å². The Morgan fingerprint density at radius 1 is 1.15 bits per heavy atom. The van der Waals surface area contributed by atoms with Crippen molar-refractivity contribution >= 4 is 11.7 Å². The minimum absolute atomic E-state index is 0.0537. The number of nitrogens with one attached hydrogen (secondary N) is 2. The predicted octanol–water partition coefficient (Wildman–Crippen LogP) is 3.15. The second-order valence-electron chi connectivity index (χ2n) is 5.74. The van der Waals surface area contributed by atoms with Crippen LogP contribution in [0, 0.1) is 0 Å². The molecule has 1 saturated carbocycles. The molecule has 1 aromatic heterocycles. The molecule has 1 amide bonds. The summed E-state index contributed by atoms with van der Waals surface area (Å²) in [5.74, 6) is 1.51. The van der Waals surface area contributed by atoms with Crippen LogP contribution in [-0.2, 0) is 4.79 Å². The Kier molecular flexibility index (Phi) is 2.62. The van der Waals surface area contributed by atoms with Crippen LogP contribution in [0.15, 0.2) is 30.3 Å². The van der Waals surface area contributed by atoms with E-state index in [1.807, 2.05) is 18.2 Å². The van der Waals surface area contributed by atoms with Crippen LogP contribution < -0.4 is 5.32 Å². The SMILES string of the molecule is O=C1CC(c2ccccc2)c2c(n[nH]c2C2CCC2)N1. The summed E-state index contributed by atoms with van der Waals surface area (Å²) >= 11 is 0. The fourth-order valence-corrected chi connectivity index (χ4v) is 3.26. The molecular formula is C16H17N3O. The van der Waals surface area contributed by atoms with E-state index in [4.69, 9.17) is 0 Å². The predicted molar refractivity (Wildman–Crippen MR) is 76.7 cm³/mol. The lowest BCUT2D eigenvalue weighted by Crippen LogP contribution is -2.24. The Bertz CT molecular complexity index is 643. The van der Waals surface area contributed by atoms with Crippen molar-refractivity contribution in [2.75, 3.05) is 5.32 Å². The number of carbonyl (C=O) groups excluding carboxylic acids is 1. The third kappa shape index (κ3) is 1.75. The molecule has 1 unspecified atom stereocenters. The highest BCUT2D eigenvalue weighted by molar-refractivity contribution is 5.94. The van der Waals surface area contributed by atoms with Gasteiger partial charge < -0.3 is 5.32 Å². The molecule has 1 aromatic carbocycles. The summed E-state index contributed by atoms with van der Waals surface area (Å²) in [4.78, 5) is 11.9. The number of hydrogen-bond donors (Lipinski definition) is 2. The minimum atomic E-state index is 0.0537. The number of benzene rings is 1. The lowest BCUT2D eigenvalue weighted by atomic mass is 9.77. The van der Waals surface area contributed by atoms with Crippen molar-refractivity contribution < 1.29 is 4.79 Å². The standard InChI is InChI=1S/C16H17N3O/c20-13-9-12(10-5-2-1-3-6-10)14-15(11-7-4-8-11)18-19-16(14)17-13/h1-3,5-6,11-12H,4,7-9H2,(H2,17,18,19,20). The van der Waals surface area contributed by atoms with Crippen molar-refractivity contribution in [1.29, 1.82) is 0 Å². The lowest BCUT2D eigenvalue weighted by molar-refractivity contribution is -0.116. The van der Waals surface area contributed by atoms with E-state index in [-0.39, 0.29) is 11.8 Å². The van der Waals surface area contributed by atoms with Crippen LogP contribution in [0.1, 0.15) is 54.3 Å². The van der Waals surface area contributed by atoms with Gasteiger partial charge in [0.1, 0.15) is 0 Å². The van der Waals surface area contributed by atoms with Crippen molar-refractivity contribution in [2.24, 2.45) is 0 Å². The third-order valence-electron chi connectivity index (χ3n) is 4.54. The van der Waals surface area contributed by atoms with E-state index < -0.39 is 0 Å². The van der Waals surface area contributed by atoms with Crippen molar-refractivity contribution in [3.05, 3.63) is 47.2 Å². The molecule has 1 aliphatic carbocycles. The van der Waals surface area contributed by atoms with Gasteiger partial charge in [-0.05, 0) is 18.4 Å². The van der Waals surface area contributed by atoms with Gasteiger partial charge in [0, 0.05) is 29.5 Å². The summed E-state index contributed by atoms with van der Waals surface area (Å²) in [5, 5.41) is 10.4. The first-order chi connectivity index (χ1) is 9.83. The largest absolute Gasteiger partial charge is 0.309 e. The van der Waals surface area contributed by atoms with Crippen LogP contribution in [-0.4, -0.2) is 16.1 Å². The topological polar surface area (TPSA) is 57.8 Å². The van der Waals surface area contributed by atoms with E-state index in [9.17, 15) is 4.79 Å². The van der Waals surface area contributed by atoms with Gasteiger partial charge in [0.2, 0.25) is 5.91 Å². The molecule has 20 heavy (non-hydrogen) atoms. The number of amides is 1. The van der Waals surface area contributed by atoms with Gasteiger partial charge in [0.25, 0.3) is 0 Å². The molecule has 2 aromatic rings. The molecule has 4 rings (SSSR count). The maximum Gasteiger partial charge on any atom is 0.226 e. The monoisotopic (exact) mass is 267 g/mol. The number of rotatable bonds is 2. The fourth-order valence-electron chi connectivity index (χ4n) is 3.26. The number of carbonyl (C=O) groups is 1. The van der Waals surface area contributed by atoms with Crippen molar-refractivity contribution in [3.63, 3.8) is 0 Å². The van der Waals surface area contributed by atoms with Gasteiger partial charge in [-0.2, -0.15) is 5.10 Å². The molecule has 4 nitrogen and oxygen atoms in total. The molecule has 1 aliphatic heterocycles. The number of aromatic nitrogens is 2. The van der Waals surface area contributed by atoms with Crippen LogP contribution in [0.3, 0.4) is 0 Å². The molecule has 0 saturated heterocycles. The number of hydrogen-bond acceptors (Lipinski definition) is 2. The van der Waals surface area contributed by atoms with Gasteiger partial charge in [-0.15, -0.1) is 0 Å². The highest BCUT2D eigenvalue weighted by Crippen LogP contribution is 2.45. The maximum absolute atomic E-state index is 11.9. The van der Waals surface area contributed by atoms with Gasteiger partial charge >= 0.3 is 0 Å². The molecule has 2 N–H and O–H groups in total. The van der Waals surface area contributed by atoms with Crippen LogP contribution in [0.2, 0.25) is 0 Å². The van der Waals surface area contributed by atoms with Gasteiger partial charge in [0.05, 0.1) is 0 Å². The first-order valence-electron chi connectivity index (χ1n) is 7.26. The molecule has 1 fully saturated rings. The van der Waals surface area contributed by atoms with E-state index in [1.165, 1.54) is 36.1 Å². The summed E-state index contributed by atoms with van der Waals surface area (Å²) in [6.07, 6.45) is 4.26. The minimum Gasteiger partial charge on any atom is -0.309 e. The van der Waals surface area contributed by atoms with Gasteiger partial charge in [-0.3, -0.25) is 9.89 Å². The zero-order valence-electron chi connectivity index (χ0n) is 11.2. The second kappa shape index (κ2) is 4.47. The normalized spacial score (nSPS) is 22.0. The molecule has 0 radical (unpaired) electrons. The number of aromatic amines is 1. The molecule has 0 bridgehead atoms. The quantitative estimate of drug-likeness (QED) is 0.878. The number of fused-ring (bicyclic) bond motifs is 1. The molecule has 2 heterocycles. The van der Waals surface area contributed by atoms with E-state index in [0.29, 0.717) is 12.3 Å². The van der Waals surface area contributed by atoms with Gasteiger partial charge in [-0.25, -0.2) is 0 Å². The summed E-state index contributed by atoms with van der Waals surface area (Å²) in [6.45, 7) is 0. The summed E-state index contributed by atoms with van der Waals surface area (Å²) in [6, 6.07) is 10.3. The van der Waals surface area contributed by atoms with Crippen LogP contribution in [0.5, 0.6) is 0 Å². The van der Waals surface area contributed by atoms with Crippen molar-refractivity contribution in [2.45, 2.75) is 37.5 Å². The lowest BCUT2D eigenvalue weighted by Gasteiger charge is -2.29. The van der Waals surface area contributed by atoms with Crippen LogP contribution in [0.25, 0.3) is 0 Å². The molecule has 2 aliphatic rings. The summed E-state index contributed by atoms with van der Waals surface area (Å²) in [7, 11) is 0. The Morgan fingerprint density at radius 2 is 1.95 bits per heavy atom. The zero-order valence-corrected chi connectivity index (χ0v) is 11.2. The third-order valence-corrected chi connectivity index (χ3v) is 4.54. The van der Waals surface area contributed by atoms with Gasteiger partial charge in [-0.1, -0.05) is 36.8 Å². The number of nitrogens with zero attached hydrogens (tertiary/aromatic N) is 1. The molecule has 1 atom stereocenters. The number of anilines is 1. The zero-order chi connectivity index (χ0) is 13.5. The van der Waals surface area contributed by atoms with Crippen molar-refractivity contribution in [3.8, 4) is 0 Å². The number of H-pyrrole nitrogens is 1. The Morgan fingerprint density at radius 3 is 2.65 bits per heavy atom. The fraction of sp³-hybridized carbons (Fsp3) is 0.375. The van der Waals surface area contributed by atoms with E-state index in [0.717, 1.165) is 5.82 Å². The van der Waals surface area contributed by atoms with E-state index in [1.54, 1.807) is 0 Å². The van der Waals surface area contributed by atoms with Crippen LogP contribution in [0.4, 0.5) is 5.82 Å². The second-order valence-corrected chi connectivity index (χ2v) is 5.74. The van der Waals surface area contributed by atoms with E-state index >= 15 is 0 Å². The van der Waals surface area contributed by atoms with Crippen LogP contribution >= 0.6 is 0 Å². The average Bonchev–Trinajstić information content (AvgIpc) is 2.80. The average molecular weight is 267 g/mol.